The smallest absolute Gasteiger partial charge is 0.0535 e. The fraction of sp³-hybridized carbons (Fsp3) is 0.438. The van der Waals surface area contributed by atoms with Crippen LogP contribution in [0, 0.1) is 0 Å². The third-order valence-corrected chi connectivity index (χ3v) is 3.17. The van der Waals surface area contributed by atoms with Crippen molar-refractivity contribution in [2.75, 3.05) is 0 Å². The third kappa shape index (κ3) is 2.33. The van der Waals surface area contributed by atoms with Crippen LogP contribution in [0.5, 0.6) is 0 Å². The van der Waals surface area contributed by atoms with Gasteiger partial charge in [-0.05, 0) is 22.9 Å². The number of benzene rings is 1. The van der Waals surface area contributed by atoms with Crippen LogP contribution in [-0.4, -0.2) is 4.98 Å². The topological polar surface area (TPSA) is 12.9 Å². The maximum atomic E-state index is 4.55. The summed E-state index contributed by atoms with van der Waals surface area (Å²) in [4.78, 5) is 4.55. The average molecular weight is 227 g/mol. The fourth-order valence-electron chi connectivity index (χ4n) is 2.15. The summed E-state index contributed by atoms with van der Waals surface area (Å²) in [5.74, 6) is 0.575. The Morgan fingerprint density at radius 2 is 1.76 bits per heavy atom. The Labute approximate surface area is 104 Å². The molecule has 0 spiro atoms. The lowest BCUT2D eigenvalue weighted by atomic mass is 9.87. The summed E-state index contributed by atoms with van der Waals surface area (Å²) in [6, 6.07) is 8.84. The molecule has 2 rings (SSSR count). The summed E-state index contributed by atoms with van der Waals surface area (Å²) >= 11 is 0. The van der Waals surface area contributed by atoms with E-state index >= 15 is 0 Å². The lowest BCUT2D eigenvalue weighted by Crippen LogP contribution is -2.13. The Bertz CT molecular complexity index is 533. The standard InChI is InChI=1S/C16H21N/c1-11(2)12-6-7-14-13(10-12)8-9-17-15(14)16(3,4)5/h6-11H,1-5H3. The van der Waals surface area contributed by atoms with Crippen molar-refractivity contribution in [3.05, 3.63) is 41.7 Å². The second-order valence-corrected chi connectivity index (χ2v) is 6.04. The highest BCUT2D eigenvalue weighted by atomic mass is 14.7. The van der Waals surface area contributed by atoms with Gasteiger partial charge in [0.25, 0.3) is 0 Å². The van der Waals surface area contributed by atoms with Crippen LogP contribution in [0.25, 0.3) is 10.8 Å². The van der Waals surface area contributed by atoms with Gasteiger partial charge < -0.3 is 0 Å². The molecule has 1 aromatic heterocycles. The Hall–Kier alpha value is -1.37. The van der Waals surface area contributed by atoms with Gasteiger partial charge in [0.1, 0.15) is 0 Å². The first-order chi connectivity index (χ1) is 7.89. The van der Waals surface area contributed by atoms with Crippen molar-refractivity contribution in [3.63, 3.8) is 0 Å². The predicted octanol–water partition coefficient (Wildman–Crippen LogP) is 4.66. The minimum atomic E-state index is 0.0961. The molecule has 0 fully saturated rings. The Kier molecular flexibility index (Phi) is 2.94. The highest BCUT2D eigenvalue weighted by molar-refractivity contribution is 5.85. The normalized spacial score (nSPS) is 12.4. The molecule has 2 aromatic rings. The quantitative estimate of drug-likeness (QED) is 0.690. The van der Waals surface area contributed by atoms with Crippen LogP contribution in [0.1, 0.15) is 51.8 Å². The highest BCUT2D eigenvalue weighted by Crippen LogP contribution is 2.29. The van der Waals surface area contributed by atoms with Crippen molar-refractivity contribution >= 4 is 10.8 Å². The number of nitrogens with zero attached hydrogens (tertiary/aromatic N) is 1. The van der Waals surface area contributed by atoms with Gasteiger partial charge in [-0.25, -0.2) is 0 Å². The molecule has 0 bridgehead atoms. The van der Waals surface area contributed by atoms with E-state index in [0.29, 0.717) is 5.92 Å². The molecular weight excluding hydrogens is 206 g/mol. The van der Waals surface area contributed by atoms with E-state index in [2.05, 4.69) is 63.9 Å². The van der Waals surface area contributed by atoms with Crippen molar-refractivity contribution in [1.29, 1.82) is 0 Å². The second-order valence-electron chi connectivity index (χ2n) is 6.04. The summed E-state index contributed by atoms with van der Waals surface area (Å²) in [5, 5.41) is 2.58. The number of pyridine rings is 1. The summed E-state index contributed by atoms with van der Waals surface area (Å²) in [7, 11) is 0. The molecule has 0 aliphatic heterocycles. The van der Waals surface area contributed by atoms with E-state index in [0.717, 1.165) is 0 Å². The molecule has 0 amide bonds. The van der Waals surface area contributed by atoms with Crippen LogP contribution in [0.2, 0.25) is 0 Å². The van der Waals surface area contributed by atoms with E-state index in [1.165, 1.54) is 22.0 Å². The van der Waals surface area contributed by atoms with E-state index in [1.807, 2.05) is 6.20 Å². The number of hydrogen-bond donors (Lipinski definition) is 0. The number of fused-ring (bicyclic) bond motifs is 1. The van der Waals surface area contributed by atoms with Gasteiger partial charge in [-0.15, -0.1) is 0 Å². The minimum absolute atomic E-state index is 0.0961. The van der Waals surface area contributed by atoms with Crippen molar-refractivity contribution < 1.29 is 0 Å². The molecule has 1 aromatic carbocycles. The summed E-state index contributed by atoms with van der Waals surface area (Å²) in [5.41, 5.74) is 2.67. The van der Waals surface area contributed by atoms with E-state index in [-0.39, 0.29) is 5.41 Å². The summed E-state index contributed by atoms with van der Waals surface area (Å²) in [6.07, 6.45) is 1.92. The molecule has 1 heterocycles. The van der Waals surface area contributed by atoms with Gasteiger partial charge in [-0.2, -0.15) is 0 Å². The first kappa shape index (κ1) is 12.1. The lowest BCUT2D eigenvalue weighted by molar-refractivity contribution is 0.575. The van der Waals surface area contributed by atoms with Crippen LogP contribution in [-0.2, 0) is 5.41 Å². The molecule has 0 saturated heterocycles. The van der Waals surface area contributed by atoms with Crippen LogP contribution < -0.4 is 0 Å². The van der Waals surface area contributed by atoms with Crippen molar-refractivity contribution in [2.45, 2.75) is 46.0 Å². The molecule has 1 nitrogen and oxygen atoms in total. The first-order valence-electron chi connectivity index (χ1n) is 6.29. The molecule has 0 N–H and O–H groups in total. The van der Waals surface area contributed by atoms with Gasteiger partial charge in [0, 0.05) is 17.0 Å². The van der Waals surface area contributed by atoms with Gasteiger partial charge in [0.05, 0.1) is 5.69 Å². The van der Waals surface area contributed by atoms with Crippen LogP contribution >= 0.6 is 0 Å². The number of aromatic nitrogens is 1. The van der Waals surface area contributed by atoms with E-state index in [9.17, 15) is 0 Å². The zero-order chi connectivity index (χ0) is 12.6. The van der Waals surface area contributed by atoms with Crippen LogP contribution in [0.3, 0.4) is 0 Å². The van der Waals surface area contributed by atoms with Crippen LogP contribution in [0.4, 0.5) is 0 Å². The first-order valence-corrected chi connectivity index (χ1v) is 6.29. The van der Waals surface area contributed by atoms with Crippen LogP contribution in [0.15, 0.2) is 30.5 Å². The Morgan fingerprint density at radius 1 is 1.06 bits per heavy atom. The minimum Gasteiger partial charge on any atom is -0.260 e. The highest BCUT2D eigenvalue weighted by Gasteiger charge is 2.18. The van der Waals surface area contributed by atoms with E-state index in [1.54, 1.807) is 0 Å². The van der Waals surface area contributed by atoms with Crippen molar-refractivity contribution in [3.8, 4) is 0 Å². The Balaban J connectivity index is 2.67. The zero-order valence-corrected chi connectivity index (χ0v) is 11.4. The van der Waals surface area contributed by atoms with Crippen molar-refractivity contribution in [2.24, 2.45) is 0 Å². The SMILES string of the molecule is CC(C)c1ccc2c(C(C)(C)C)nccc2c1. The molecule has 0 atom stereocenters. The molecule has 0 unspecified atom stereocenters. The Morgan fingerprint density at radius 3 is 2.35 bits per heavy atom. The predicted molar refractivity (Wildman–Crippen MR) is 74.5 cm³/mol. The maximum absolute atomic E-state index is 4.55. The molecule has 0 radical (unpaired) electrons. The maximum Gasteiger partial charge on any atom is 0.0535 e. The molecule has 17 heavy (non-hydrogen) atoms. The fourth-order valence-corrected chi connectivity index (χ4v) is 2.15. The summed E-state index contributed by atoms with van der Waals surface area (Å²) in [6.45, 7) is 11.1. The number of hydrogen-bond acceptors (Lipinski definition) is 1. The van der Waals surface area contributed by atoms with Gasteiger partial charge in [0.15, 0.2) is 0 Å². The molecule has 1 heteroatoms. The third-order valence-electron chi connectivity index (χ3n) is 3.17. The monoisotopic (exact) mass is 227 g/mol. The molecule has 0 saturated carbocycles. The van der Waals surface area contributed by atoms with Gasteiger partial charge in [-0.3, -0.25) is 4.98 Å². The lowest BCUT2D eigenvalue weighted by Gasteiger charge is -2.20. The second kappa shape index (κ2) is 4.14. The van der Waals surface area contributed by atoms with Gasteiger partial charge >= 0.3 is 0 Å². The number of rotatable bonds is 1. The van der Waals surface area contributed by atoms with Gasteiger partial charge in [0.2, 0.25) is 0 Å². The molecular formula is C16H21N. The largest absolute Gasteiger partial charge is 0.260 e. The van der Waals surface area contributed by atoms with Gasteiger partial charge in [-0.1, -0.05) is 52.8 Å². The molecule has 0 aliphatic carbocycles. The van der Waals surface area contributed by atoms with Crippen molar-refractivity contribution in [1.82, 2.24) is 4.98 Å². The summed E-state index contributed by atoms with van der Waals surface area (Å²) < 4.78 is 0. The average Bonchev–Trinajstić information content (AvgIpc) is 2.26. The molecule has 0 aliphatic rings. The van der Waals surface area contributed by atoms with E-state index in [4.69, 9.17) is 0 Å². The zero-order valence-electron chi connectivity index (χ0n) is 11.4. The molecule has 90 valence electrons. The van der Waals surface area contributed by atoms with E-state index < -0.39 is 0 Å².